The highest BCUT2D eigenvalue weighted by Gasteiger charge is 2.54. The van der Waals surface area contributed by atoms with Gasteiger partial charge >= 0.3 is 0 Å². The summed E-state index contributed by atoms with van der Waals surface area (Å²) in [7, 11) is 0. The molecule has 0 bridgehead atoms. The lowest BCUT2D eigenvalue weighted by Gasteiger charge is -2.44. The van der Waals surface area contributed by atoms with E-state index in [4.69, 9.17) is 0 Å². The van der Waals surface area contributed by atoms with Crippen molar-refractivity contribution in [3.8, 4) is 0 Å². The van der Waals surface area contributed by atoms with Crippen LogP contribution >= 0.6 is 23.5 Å². The fourth-order valence-corrected chi connectivity index (χ4v) is 5.43. The predicted octanol–water partition coefficient (Wildman–Crippen LogP) is 2.37. The molecule has 2 aliphatic rings. The quantitative estimate of drug-likeness (QED) is 0.710. The summed E-state index contributed by atoms with van der Waals surface area (Å²) in [6.07, 6.45) is -0.249. The molecule has 0 amide bonds. The van der Waals surface area contributed by atoms with Gasteiger partial charge in [-0.25, -0.2) is 0 Å². The number of hydrogen-bond donors (Lipinski definition) is 1. The summed E-state index contributed by atoms with van der Waals surface area (Å²) in [4.78, 5) is 0. The molecule has 1 unspecified atom stereocenters. The molecule has 68 valence electrons. The first kappa shape index (κ1) is 8.21. The van der Waals surface area contributed by atoms with Crippen LogP contribution in [0.3, 0.4) is 0 Å². The highest BCUT2D eigenvalue weighted by atomic mass is 32.2. The minimum absolute atomic E-state index is 0.00338. The second-order valence-corrected chi connectivity index (χ2v) is 6.29. The van der Waals surface area contributed by atoms with Gasteiger partial charge in [-0.05, 0) is 11.1 Å². The molecule has 0 saturated carbocycles. The second kappa shape index (κ2) is 2.69. The van der Waals surface area contributed by atoms with Crippen LogP contribution in [0.15, 0.2) is 24.3 Å². The summed E-state index contributed by atoms with van der Waals surface area (Å²) in [5, 5.41) is 10.0. The standard InChI is InChI=1S/C10H10OS2/c11-9-7-3-1-2-4-8(7)10(9)12-5-6-13-10/h1-4,9,11H,5-6H2. The van der Waals surface area contributed by atoms with Gasteiger partial charge in [0.1, 0.15) is 10.2 Å². The Balaban J connectivity index is 2.12. The van der Waals surface area contributed by atoms with Crippen LogP contribution in [0.4, 0.5) is 0 Å². The molecule has 1 atom stereocenters. The number of benzene rings is 1. The van der Waals surface area contributed by atoms with Gasteiger partial charge in [-0.2, -0.15) is 0 Å². The summed E-state index contributed by atoms with van der Waals surface area (Å²) in [5.41, 5.74) is 2.47. The molecule has 1 spiro atoms. The Hall–Kier alpha value is -0.120. The first-order chi connectivity index (χ1) is 6.34. The maximum absolute atomic E-state index is 10.0. The molecule has 1 fully saturated rings. The van der Waals surface area contributed by atoms with Gasteiger partial charge in [-0.1, -0.05) is 24.3 Å². The van der Waals surface area contributed by atoms with Gasteiger partial charge in [0.25, 0.3) is 0 Å². The van der Waals surface area contributed by atoms with Crippen LogP contribution in [0.1, 0.15) is 17.2 Å². The van der Waals surface area contributed by atoms with E-state index in [1.807, 2.05) is 35.7 Å². The smallest absolute Gasteiger partial charge is 0.117 e. The van der Waals surface area contributed by atoms with E-state index in [9.17, 15) is 5.11 Å². The molecule has 1 heterocycles. The Morgan fingerprint density at radius 2 is 1.92 bits per heavy atom. The highest BCUT2D eigenvalue weighted by molar-refractivity contribution is 8.20. The van der Waals surface area contributed by atoms with Crippen molar-refractivity contribution in [1.29, 1.82) is 0 Å². The molecule has 1 N–H and O–H groups in total. The van der Waals surface area contributed by atoms with Crippen molar-refractivity contribution >= 4 is 23.5 Å². The van der Waals surface area contributed by atoms with Gasteiger partial charge in [0.2, 0.25) is 0 Å². The zero-order valence-electron chi connectivity index (χ0n) is 7.06. The monoisotopic (exact) mass is 210 g/mol. The lowest BCUT2D eigenvalue weighted by molar-refractivity contribution is 0.137. The lowest BCUT2D eigenvalue weighted by Crippen LogP contribution is -2.36. The molecule has 3 rings (SSSR count). The highest BCUT2D eigenvalue weighted by Crippen LogP contribution is 2.66. The van der Waals surface area contributed by atoms with Crippen molar-refractivity contribution in [2.45, 2.75) is 10.2 Å². The van der Waals surface area contributed by atoms with E-state index >= 15 is 0 Å². The Kier molecular flexibility index (Phi) is 1.70. The zero-order valence-corrected chi connectivity index (χ0v) is 8.70. The molecular formula is C10H10OS2. The van der Waals surface area contributed by atoms with Crippen LogP contribution in [0, 0.1) is 0 Å². The van der Waals surface area contributed by atoms with Gasteiger partial charge < -0.3 is 5.11 Å². The van der Waals surface area contributed by atoms with Crippen molar-refractivity contribution in [2.24, 2.45) is 0 Å². The van der Waals surface area contributed by atoms with Crippen molar-refractivity contribution in [2.75, 3.05) is 11.5 Å². The fourth-order valence-electron chi connectivity index (χ4n) is 2.07. The van der Waals surface area contributed by atoms with Crippen LogP contribution in [0.25, 0.3) is 0 Å². The molecule has 1 aliphatic heterocycles. The van der Waals surface area contributed by atoms with Crippen molar-refractivity contribution in [1.82, 2.24) is 0 Å². The minimum Gasteiger partial charge on any atom is -0.386 e. The number of hydrogen-bond acceptors (Lipinski definition) is 3. The van der Waals surface area contributed by atoms with Crippen LogP contribution in [0.5, 0.6) is 0 Å². The Labute approximate surface area is 85.9 Å². The zero-order chi connectivity index (χ0) is 8.89. The van der Waals surface area contributed by atoms with E-state index in [2.05, 4.69) is 12.1 Å². The summed E-state index contributed by atoms with van der Waals surface area (Å²) in [6.45, 7) is 0. The van der Waals surface area contributed by atoms with Crippen molar-refractivity contribution in [3.63, 3.8) is 0 Å². The van der Waals surface area contributed by atoms with E-state index in [0.29, 0.717) is 0 Å². The predicted molar refractivity (Wildman–Crippen MR) is 58.0 cm³/mol. The molecular weight excluding hydrogens is 200 g/mol. The third-order valence-electron chi connectivity index (χ3n) is 2.71. The Morgan fingerprint density at radius 3 is 2.69 bits per heavy atom. The minimum atomic E-state index is -0.249. The van der Waals surface area contributed by atoms with Gasteiger partial charge in [-0.3, -0.25) is 0 Å². The van der Waals surface area contributed by atoms with Crippen LogP contribution in [-0.4, -0.2) is 16.6 Å². The third-order valence-corrected chi connectivity index (χ3v) is 6.23. The van der Waals surface area contributed by atoms with Crippen LogP contribution < -0.4 is 0 Å². The molecule has 1 nitrogen and oxygen atoms in total. The normalized spacial score (nSPS) is 28.5. The first-order valence-corrected chi connectivity index (χ1v) is 6.37. The molecule has 1 aliphatic carbocycles. The van der Waals surface area contributed by atoms with Crippen LogP contribution in [-0.2, 0) is 4.08 Å². The summed E-state index contributed by atoms with van der Waals surface area (Å²) in [5.74, 6) is 2.33. The van der Waals surface area contributed by atoms with Gasteiger partial charge in [0.05, 0.1) is 0 Å². The molecule has 1 aromatic carbocycles. The number of fused-ring (bicyclic) bond motifs is 2. The van der Waals surface area contributed by atoms with Gasteiger partial charge in [-0.15, -0.1) is 23.5 Å². The summed E-state index contributed by atoms with van der Waals surface area (Å²) in [6, 6.07) is 8.24. The SMILES string of the molecule is OC1c2ccccc2C12SCCS2. The van der Waals surface area contributed by atoms with Gasteiger partial charge in [0, 0.05) is 11.5 Å². The number of aliphatic hydroxyl groups is 1. The maximum atomic E-state index is 10.0. The molecule has 1 saturated heterocycles. The lowest BCUT2D eigenvalue weighted by atomic mass is 9.84. The van der Waals surface area contributed by atoms with Crippen molar-refractivity contribution in [3.05, 3.63) is 35.4 Å². The van der Waals surface area contributed by atoms with E-state index in [1.165, 1.54) is 5.56 Å². The molecule has 1 aromatic rings. The average Bonchev–Trinajstić information content (AvgIpc) is 2.68. The Bertz CT molecular complexity index is 345. The third kappa shape index (κ3) is 0.901. The second-order valence-electron chi connectivity index (χ2n) is 3.35. The fraction of sp³-hybridized carbons (Fsp3) is 0.400. The van der Waals surface area contributed by atoms with E-state index in [0.717, 1.165) is 17.1 Å². The molecule has 13 heavy (non-hydrogen) atoms. The summed E-state index contributed by atoms with van der Waals surface area (Å²) >= 11 is 3.79. The molecule has 0 aromatic heterocycles. The molecule has 0 radical (unpaired) electrons. The number of aliphatic hydroxyl groups excluding tert-OH is 1. The first-order valence-electron chi connectivity index (χ1n) is 4.40. The van der Waals surface area contributed by atoms with E-state index in [1.54, 1.807) is 0 Å². The van der Waals surface area contributed by atoms with Crippen molar-refractivity contribution < 1.29 is 5.11 Å². The molecule has 3 heteroatoms. The average molecular weight is 210 g/mol. The number of thioether (sulfide) groups is 2. The number of rotatable bonds is 0. The topological polar surface area (TPSA) is 20.2 Å². The van der Waals surface area contributed by atoms with E-state index in [-0.39, 0.29) is 10.2 Å². The van der Waals surface area contributed by atoms with Crippen LogP contribution in [0.2, 0.25) is 0 Å². The Morgan fingerprint density at radius 1 is 1.23 bits per heavy atom. The van der Waals surface area contributed by atoms with E-state index < -0.39 is 0 Å². The largest absolute Gasteiger partial charge is 0.386 e. The van der Waals surface area contributed by atoms with Gasteiger partial charge in [0.15, 0.2) is 0 Å². The maximum Gasteiger partial charge on any atom is 0.117 e. The summed E-state index contributed by atoms with van der Waals surface area (Å²) < 4.78 is -0.00338.